The molecule has 0 aliphatic heterocycles. The van der Waals surface area contributed by atoms with Gasteiger partial charge in [0.15, 0.2) is 0 Å². The molecule has 0 atom stereocenters. The predicted molar refractivity (Wildman–Crippen MR) is 103 cm³/mol. The van der Waals surface area contributed by atoms with Gasteiger partial charge in [-0.25, -0.2) is 0 Å². The lowest BCUT2D eigenvalue weighted by Crippen LogP contribution is -1.89. The van der Waals surface area contributed by atoms with E-state index in [1.54, 1.807) is 0 Å². The second-order valence-corrected chi connectivity index (χ2v) is 6.10. The van der Waals surface area contributed by atoms with Crippen molar-refractivity contribution in [2.45, 2.75) is 6.42 Å². The Morgan fingerprint density at radius 3 is 1.72 bits per heavy atom. The fourth-order valence-electron chi connectivity index (χ4n) is 2.99. The number of hydrogen-bond donors (Lipinski definition) is 0. The average Bonchev–Trinajstić information content (AvgIpc) is 2.70. The summed E-state index contributed by atoms with van der Waals surface area (Å²) in [4.78, 5) is 4.18. The average molecular weight is 320 g/mol. The Bertz CT molecular complexity index is 925. The van der Waals surface area contributed by atoms with Crippen LogP contribution in [0.1, 0.15) is 11.1 Å². The molecule has 1 aromatic heterocycles. The molecule has 0 spiro atoms. The molecule has 4 rings (SSSR count). The van der Waals surface area contributed by atoms with Gasteiger partial charge in [0.25, 0.3) is 0 Å². The van der Waals surface area contributed by atoms with Gasteiger partial charge < -0.3 is 0 Å². The Balaban J connectivity index is 1.52. The van der Waals surface area contributed by atoms with E-state index in [1.807, 2.05) is 30.6 Å². The van der Waals surface area contributed by atoms with Gasteiger partial charge in [0.2, 0.25) is 0 Å². The standard InChI is InChI=1S/C24H18N/c1-2-6-21(7-3-1)23-12-14-24(15-13-23)22-10-8-19(9-11-22)17-20-5-4-16-25-18-20/h2-16,18H,17H2. The Morgan fingerprint density at radius 2 is 1.16 bits per heavy atom. The van der Waals surface area contributed by atoms with E-state index in [0.29, 0.717) is 0 Å². The predicted octanol–water partition coefficient (Wildman–Crippen LogP) is 5.81. The van der Waals surface area contributed by atoms with Gasteiger partial charge in [0.05, 0.1) is 0 Å². The normalized spacial score (nSPS) is 10.6. The lowest BCUT2D eigenvalue weighted by molar-refractivity contribution is 1.15. The molecule has 0 aliphatic rings. The van der Waals surface area contributed by atoms with E-state index >= 15 is 0 Å². The molecule has 0 amide bonds. The zero-order valence-corrected chi connectivity index (χ0v) is 13.9. The molecule has 0 saturated heterocycles. The maximum Gasteiger partial charge on any atom is 0.0303 e. The topological polar surface area (TPSA) is 12.9 Å². The van der Waals surface area contributed by atoms with Crippen LogP contribution in [-0.2, 0) is 6.42 Å². The van der Waals surface area contributed by atoms with Gasteiger partial charge >= 0.3 is 0 Å². The van der Waals surface area contributed by atoms with Crippen molar-refractivity contribution in [2.24, 2.45) is 0 Å². The van der Waals surface area contributed by atoms with Crippen molar-refractivity contribution in [3.8, 4) is 22.3 Å². The van der Waals surface area contributed by atoms with Gasteiger partial charge in [-0.15, -0.1) is 0 Å². The van der Waals surface area contributed by atoms with Gasteiger partial charge in [0.1, 0.15) is 0 Å². The fourth-order valence-corrected chi connectivity index (χ4v) is 2.99. The van der Waals surface area contributed by atoms with Crippen LogP contribution in [0.25, 0.3) is 22.3 Å². The third-order valence-corrected chi connectivity index (χ3v) is 4.35. The van der Waals surface area contributed by atoms with Gasteiger partial charge in [-0.2, -0.15) is 0 Å². The molecule has 1 nitrogen and oxygen atoms in total. The molecule has 3 aromatic carbocycles. The van der Waals surface area contributed by atoms with E-state index in [1.165, 1.54) is 33.4 Å². The highest BCUT2D eigenvalue weighted by Gasteiger charge is 2.01. The number of benzene rings is 3. The Labute approximate surface area is 148 Å². The first-order valence-electron chi connectivity index (χ1n) is 8.43. The molecule has 1 radical (unpaired) electrons. The van der Waals surface area contributed by atoms with Gasteiger partial charge in [-0.1, -0.05) is 78.9 Å². The van der Waals surface area contributed by atoms with Gasteiger partial charge in [0, 0.05) is 12.4 Å². The van der Waals surface area contributed by atoms with E-state index in [4.69, 9.17) is 0 Å². The molecule has 25 heavy (non-hydrogen) atoms. The zero-order chi connectivity index (χ0) is 16.9. The lowest BCUT2D eigenvalue weighted by atomic mass is 9.98. The van der Waals surface area contributed by atoms with E-state index < -0.39 is 0 Å². The molecule has 0 aliphatic carbocycles. The molecule has 119 valence electrons. The molecule has 0 unspecified atom stereocenters. The van der Waals surface area contributed by atoms with Crippen LogP contribution in [0.5, 0.6) is 0 Å². The van der Waals surface area contributed by atoms with Gasteiger partial charge in [-0.3, -0.25) is 4.98 Å². The first-order valence-corrected chi connectivity index (χ1v) is 8.43. The third-order valence-electron chi connectivity index (χ3n) is 4.35. The van der Waals surface area contributed by atoms with Crippen molar-refractivity contribution in [1.82, 2.24) is 4.98 Å². The van der Waals surface area contributed by atoms with Crippen LogP contribution >= 0.6 is 0 Å². The van der Waals surface area contributed by atoms with E-state index in [0.717, 1.165) is 6.42 Å². The number of pyridine rings is 1. The summed E-state index contributed by atoms with van der Waals surface area (Å²) in [6, 6.07) is 32.7. The highest BCUT2D eigenvalue weighted by atomic mass is 14.6. The van der Waals surface area contributed by atoms with E-state index in [-0.39, 0.29) is 0 Å². The molecule has 1 heterocycles. The highest BCUT2D eigenvalue weighted by molar-refractivity contribution is 5.70. The molecule has 0 fully saturated rings. The number of rotatable bonds is 4. The highest BCUT2D eigenvalue weighted by Crippen LogP contribution is 2.25. The first-order chi connectivity index (χ1) is 12.4. The Morgan fingerprint density at radius 1 is 0.600 bits per heavy atom. The third kappa shape index (κ3) is 3.67. The summed E-state index contributed by atoms with van der Waals surface area (Å²) in [5.41, 5.74) is 7.46. The summed E-state index contributed by atoms with van der Waals surface area (Å²) in [6.45, 7) is 0. The smallest absolute Gasteiger partial charge is 0.0303 e. The van der Waals surface area contributed by atoms with Gasteiger partial charge in [-0.05, 0) is 51.9 Å². The first kappa shape index (κ1) is 15.3. The maximum atomic E-state index is 4.18. The molecule has 0 N–H and O–H groups in total. The minimum atomic E-state index is 0.915. The summed E-state index contributed by atoms with van der Waals surface area (Å²) >= 11 is 0. The van der Waals surface area contributed by atoms with Crippen LogP contribution in [0.4, 0.5) is 0 Å². The Hall–Kier alpha value is -3.19. The van der Waals surface area contributed by atoms with Crippen LogP contribution in [-0.4, -0.2) is 4.98 Å². The largest absolute Gasteiger partial charge is 0.264 e. The minimum absolute atomic E-state index is 0.915. The maximum absolute atomic E-state index is 4.18. The van der Waals surface area contributed by atoms with Crippen LogP contribution in [0, 0.1) is 6.07 Å². The van der Waals surface area contributed by atoms with Crippen LogP contribution in [0.3, 0.4) is 0 Å². The van der Waals surface area contributed by atoms with Crippen molar-refractivity contribution >= 4 is 0 Å². The van der Waals surface area contributed by atoms with Crippen molar-refractivity contribution in [3.63, 3.8) is 0 Å². The quantitative estimate of drug-likeness (QED) is 0.462. The summed E-state index contributed by atoms with van der Waals surface area (Å²) in [7, 11) is 0. The summed E-state index contributed by atoms with van der Waals surface area (Å²) in [6.07, 6.45) is 4.65. The molecular weight excluding hydrogens is 302 g/mol. The van der Waals surface area contributed by atoms with Crippen LogP contribution in [0.15, 0.2) is 97.3 Å². The molecule has 0 saturated carbocycles. The monoisotopic (exact) mass is 320 g/mol. The van der Waals surface area contributed by atoms with Crippen molar-refractivity contribution in [1.29, 1.82) is 0 Å². The number of aromatic nitrogens is 1. The zero-order valence-electron chi connectivity index (χ0n) is 13.9. The summed E-state index contributed by atoms with van der Waals surface area (Å²) in [5.74, 6) is 0. The van der Waals surface area contributed by atoms with Crippen molar-refractivity contribution < 1.29 is 0 Å². The van der Waals surface area contributed by atoms with Crippen LogP contribution < -0.4 is 0 Å². The number of hydrogen-bond acceptors (Lipinski definition) is 1. The lowest BCUT2D eigenvalue weighted by Gasteiger charge is -2.07. The molecule has 4 aromatic rings. The SMILES string of the molecule is [c]1ccc(-c2ccc(-c3ccc(Cc4cccnc4)cc3)cc2)cc1. The Kier molecular flexibility index (Phi) is 4.38. The van der Waals surface area contributed by atoms with E-state index in [2.05, 4.69) is 77.8 Å². The van der Waals surface area contributed by atoms with Crippen molar-refractivity contribution in [2.75, 3.05) is 0 Å². The van der Waals surface area contributed by atoms with Crippen LogP contribution in [0.2, 0.25) is 0 Å². The molecule has 0 bridgehead atoms. The van der Waals surface area contributed by atoms with E-state index in [9.17, 15) is 0 Å². The summed E-state index contributed by atoms with van der Waals surface area (Å²) in [5, 5.41) is 0. The second kappa shape index (κ2) is 7.14. The van der Waals surface area contributed by atoms with Crippen molar-refractivity contribution in [3.05, 3.63) is 115 Å². The molecular formula is C24H18N. The molecule has 1 heteroatoms. The minimum Gasteiger partial charge on any atom is -0.264 e. The second-order valence-electron chi connectivity index (χ2n) is 6.10. The summed E-state index contributed by atoms with van der Waals surface area (Å²) < 4.78 is 0. The number of nitrogens with zero attached hydrogens (tertiary/aromatic N) is 1. The fraction of sp³-hybridized carbons (Fsp3) is 0.0417.